The Labute approximate surface area is 200 Å². The third-order valence-electron chi connectivity index (χ3n) is 6.24. The molecule has 5 rings (SSSR count). The second kappa shape index (κ2) is 8.90. The van der Waals surface area contributed by atoms with Crippen molar-refractivity contribution in [1.29, 1.82) is 0 Å². The van der Waals surface area contributed by atoms with Crippen LogP contribution in [0.2, 0.25) is 0 Å². The topological polar surface area (TPSA) is 114 Å². The lowest BCUT2D eigenvalue weighted by atomic mass is 9.96. The predicted octanol–water partition coefficient (Wildman–Crippen LogP) is 4.52. The highest BCUT2D eigenvalue weighted by Crippen LogP contribution is 2.33. The molecule has 1 aliphatic rings. The number of amides is 2. The number of nitrogens with one attached hydrogen (secondary N) is 1. The highest BCUT2D eigenvalue weighted by Gasteiger charge is 2.25. The predicted molar refractivity (Wildman–Crippen MR) is 133 cm³/mol. The quantitative estimate of drug-likeness (QED) is 0.439. The number of para-hydroxylation sites is 2. The third kappa shape index (κ3) is 4.14. The molecular formula is C25H25N5O3S. The number of nitrogens with two attached hydrogens (primary N) is 1. The van der Waals surface area contributed by atoms with Gasteiger partial charge in [-0.1, -0.05) is 17.3 Å². The van der Waals surface area contributed by atoms with Gasteiger partial charge in [0, 0.05) is 23.9 Å². The van der Waals surface area contributed by atoms with Crippen LogP contribution >= 0.6 is 11.3 Å². The van der Waals surface area contributed by atoms with Crippen LogP contribution in [0.1, 0.15) is 33.8 Å². The highest BCUT2D eigenvalue weighted by atomic mass is 32.1. The molecular weight excluding hydrogens is 450 g/mol. The first kappa shape index (κ1) is 22.1. The van der Waals surface area contributed by atoms with Crippen LogP contribution in [0.4, 0.5) is 11.4 Å². The maximum absolute atomic E-state index is 13.6. The van der Waals surface area contributed by atoms with Crippen LogP contribution in [0.15, 0.2) is 47.0 Å². The molecule has 0 unspecified atom stereocenters. The van der Waals surface area contributed by atoms with Crippen LogP contribution in [0.3, 0.4) is 0 Å². The van der Waals surface area contributed by atoms with Crippen molar-refractivity contribution in [1.82, 2.24) is 10.1 Å². The Balaban J connectivity index is 1.47. The maximum atomic E-state index is 13.6. The van der Waals surface area contributed by atoms with Crippen molar-refractivity contribution >= 4 is 45.6 Å². The van der Waals surface area contributed by atoms with Crippen molar-refractivity contribution in [3.05, 3.63) is 58.6 Å². The Morgan fingerprint density at radius 2 is 1.91 bits per heavy atom. The number of thiophene rings is 1. The van der Waals surface area contributed by atoms with Gasteiger partial charge in [0.2, 0.25) is 5.91 Å². The average Bonchev–Trinajstić information content (AvgIpc) is 3.44. The van der Waals surface area contributed by atoms with Gasteiger partial charge in [-0.25, -0.2) is 4.98 Å². The van der Waals surface area contributed by atoms with E-state index >= 15 is 0 Å². The number of aryl methyl sites for hydroxylation is 2. The summed E-state index contributed by atoms with van der Waals surface area (Å²) < 4.78 is 5.42. The first-order chi connectivity index (χ1) is 16.4. The van der Waals surface area contributed by atoms with E-state index in [1.54, 1.807) is 24.3 Å². The number of anilines is 2. The number of aromatic nitrogens is 2. The fraction of sp³-hybridized carbons (Fsp3) is 0.280. The van der Waals surface area contributed by atoms with E-state index in [2.05, 4.69) is 20.4 Å². The van der Waals surface area contributed by atoms with Gasteiger partial charge in [0.1, 0.15) is 0 Å². The zero-order chi connectivity index (χ0) is 23.8. The lowest BCUT2D eigenvalue weighted by Gasteiger charge is -2.33. The van der Waals surface area contributed by atoms with Gasteiger partial charge >= 0.3 is 0 Å². The first-order valence-corrected chi connectivity index (χ1v) is 12.0. The Bertz CT molecular complexity index is 1380. The van der Waals surface area contributed by atoms with Gasteiger partial charge in [0.05, 0.1) is 38.6 Å². The lowest BCUT2D eigenvalue weighted by Crippen LogP contribution is -2.38. The summed E-state index contributed by atoms with van der Waals surface area (Å²) in [6, 6.07) is 13.5. The molecule has 1 aromatic carbocycles. The van der Waals surface area contributed by atoms with Gasteiger partial charge in [0.25, 0.3) is 11.6 Å². The maximum Gasteiger partial charge on any atom is 0.259 e. The summed E-state index contributed by atoms with van der Waals surface area (Å²) >= 11 is 1.61. The molecule has 8 nitrogen and oxygen atoms in total. The summed E-state index contributed by atoms with van der Waals surface area (Å²) in [6.45, 7) is 5.23. The molecule has 4 heterocycles. The van der Waals surface area contributed by atoms with Crippen LogP contribution in [0.25, 0.3) is 21.7 Å². The number of pyridine rings is 1. The van der Waals surface area contributed by atoms with E-state index in [0.717, 1.165) is 15.4 Å². The van der Waals surface area contributed by atoms with Crippen LogP contribution in [0.5, 0.6) is 0 Å². The fourth-order valence-electron chi connectivity index (χ4n) is 4.42. The second-order valence-corrected chi connectivity index (χ2v) is 9.84. The van der Waals surface area contributed by atoms with Crippen molar-refractivity contribution in [3.63, 3.8) is 0 Å². The number of benzene rings is 1. The number of primary amides is 1. The molecule has 0 bridgehead atoms. The van der Waals surface area contributed by atoms with Crippen molar-refractivity contribution < 1.29 is 14.1 Å². The Hall–Kier alpha value is -3.72. The minimum Gasteiger partial charge on any atom is -0.370 e. The average molecular weight is 476 g/mol. The van der Waals surface area contributed by atoms with Gasteiger partial charge in [-0.3, -0.25) is 9.59 Å². The molecule has 1 fully saturated rings. The summed E-state index contributed by atoms with van der Waals surface area (Å²) in [4.78, 5) is 34.0. The molecule has 174 valence electrons. The largest absolute Gasteiger partial charge is 0.370 e. The Morgan fingerprint density at radius 3 is 2.62 bits per heavy atom. The second-order valence-electron chi connectivity index (χ2n) is 8.55. The molecule has 34 heavy (non-hydrogen) atoms. The van der Waals surface area contributed by atoms with Crippen molar-refractivity contribution in [2.75, 3.05) is 23.3 Å². The number of fused-ring (bicyclic) bond motifs is 1. The highest BCUT2D eigenvalue weighted by molar-refractivity contribution is 7.15. The molecule has 4 aromatic rings. The van der Waals surface area contributed by atoms with Crippen molar-refractivity contribution in [2.45, 2.75) is 26.7 Å². The van der Waals surface area contributed by atoms with E-state index in [4.69, 9.17) is 10.3 Å². The van der Waals surface area contributed by atoms with Crippen molar-refractivity contribution in [3.8, 4) is 10.6 Å². The van der Waals surface area contributed by atoms with Crippen LogP contribution in [-0.2, 0) is 4.79 Å². The summed E-state index contributed by atoms with van der Waals surface area (Å²) in [5.41, 5.74) is 9.20. The summed E-state index contributed by atoms with van der Waals surface area (Å²) in [5, 5.41) is 7.73. The molecule has 0 aliphatic carbocycles. The van der Waals surface area contributed by atoms with E-state index in [9.17, 15) is 9.59 Å². The zero-order valence-corrected chi connectivity index (χ0v) is 19.8. The SMILES string of the molecule is Cc1ccc(-c2cc(C(=O)Nc3ccccc3N3CCC(C(N)=O)CC3)c3c(C)noc3n2)s1. The molecule has 1 saturated heterocycles. The van der Waals surface area contributed by atoms with Crippen LogP contribution < -0.4 is 16.0 Å². The minimum atomic E-state index is -0.257. The lowest BCUT2D eigenvalue weighted by molar-refractivity contribution is -0.122. The van der Waals surface area contributed by atoms with E-state index in [1.807, 2.05) is 43.3 Å². The summed E-state index contributed by atoms with van der Waals surface area (Å²) in [6.07, 6.45) is 1.40. The molecule has 2 amide bonds. The number of piperidine rings is 1. The minimum absolute atomic E-state index is 0.0982. The number of hydrogen-bond acceptors (Lipinski definition) is 7. The van der Waals surface area contributed by atoms with Gasteiger partial charge < -0.3 is 20.5 Å². The molecule has 0 atom stereocenters. The number of carbonyl (C=O) groups is 2. The third-order valence-corrected chi connectivity index (χ3v) is 7.27. The number of rotatable bonds is 5. The molecule has 1 aliphatic heterocycles. The van der Waals surface area contributed by atoms with E-state index in [-0.39, 0.29) is 17.7 Å². The van der Waals surface area contributed by atoms with E-state index < -0.39 is 0 Å². The summed E-state index contributed by atoms with van der Waals surface area (Å²) in [7, 11) is 0. The van der Waals surface area contributed by atoms with Gasteiger partial charge in [0.15, 0.2) is 0 Å². The molecule has 3 N–H and O–H groups in total. The van der Waals surface area contributed by atoms with Gasteiger partial charge in [-0.05, 0) is 57.0 Å². The molecule has 9 heteroatoms. The van der Waals surface area contributed by atoms with Gasteiger partial charge in [-0.2, -0.15) is 0 Å². The molecule has 0 radical (unpaired) electrons. The Morgan fingerprint density at radius 1 is 1.15 bits per heavy atom. The van der Waals surface area contributed by atoms with E-state index in [1.165, 1.54) is 0 Å². The van der Waals surface area contributed by atoms with Crippen molar-refractivity contribution in [2.24, 2.45) is 11.7 Å². The smallest absolute Gasteiger partial charge is 0.259 e. The summed E-state index contributed by atoms with van der Waals surface area (Å²) in [5.74, 6) is -0.601. The number of hydrogen-bond donors (Lipinski definition) is 2. The molecule has 3 aromatic heterocycles. The first-order valence-electron chi connectivity index (χ1n) is 11.2. The standard InChI is InChI=1S/C25H25N5O3S/c1-14-7-8-21(34-14)19-13-17(22-15(2)29-33-25(22)28-19)24(32)27-18-5-3-4-6-20(18)30-11-9-16(10-12-30)23(26)31/h3-8,13,16H,9-12H2,1-2H3,(H2,26,31)(H,27,32). The zero-order valence-electron chi connectivity index (χ0n) is 19.0. The number of carbonyl (C=O) groups excluding carboxylic acids is 2. The number of nitrogens with zero attached hydrogens (tertiary/aromatic N) is 3. The fourth-order valence-corrected chi connectivity index (χ4v) is 5.25. The molecule has 0 saturated carbocycles. The normalized spacial score (nSPS) is 14.5. The van der Waals surface area contributed by atoms with Gasteiger partial charge in [-0.15, -0.1) is 11.3 Å². The molecule has 0 spiro atoms. The van der Waals surface area contributed by atoms with Crippen LogP contribution in [0, 0.1) is 19.8 Å². The van der Waals surface area contributed by atoms with E-state index in [0.29, 0.717) is 59.7 Å². The monoisotopic (exact) mass is 475 g/mol. The van der Waals surface area contributed by atoms with Crippen LogP contribution in [-0.4, -0.2) is 35.0 Å². The Kier molecular flexibility index (Phi) is 5.79.